The number of hydrogen-bond acceptors (Lipinski definition) is 4. The molecule has 1 aliphatic rings. The van der Waals surface area contributed by atoms with Crippen molar-refractivity contribution in [2.45, 2.75) is 13.0 Å². The highest BCUT2D eigenvalue weighted by Gasteiger charge is 2.17. The number of rotatable bonds is 4. The average molecular weight is 235 g/mol. The van der Waals surface area contributed by atoms with E-state index in [0.717, 1.165) is 25.1 Å². The first kappa shape index (κ1) is 12.1. The van der Waals surface area contributed by atoms with Crippen molar-refractivity contribution >= 4 is 5.97 Å². The number of fused-ring (bicyclic) bond motifs is 1. The Balaban J connectivity index is 2.12. The van der Waals surface area contributed by atoms with E-state index in [1.165, 1.54) is 5.56 Å². The van der Waals surface area contributed by atoms with Crippen LogP contribution in [0.5, 0.6) is 0 Å². The zero-order valence-corrected chi connectivity index (χ0v) is 9.99. The third-order valence-electron chi connectivity index (χ3n) is 2.88. The summed E-state index contributed by atoms with van der Waals surface area (Å²) in [7, 11) is 1.59. The Morgan fingerprint density at radius 3 is 3.12 bits per heavy atom. The number of carbonyl (C=O) groups is 1. The van der Waals surface area contributed by atoms with E-state index in [0.29, 0.717) is 18.8 Å². The zero-order chi connectivity index (χ0) is 12.1. The van der Waals surface area contributed by atoms with Crippen molar-refractivity contribution < 1.29 is 14.3 Å². The lowest BCUT2D eigenvalue weighted by molar-refractivity contribution is 0.0386. The fraction of sp³-hybridized carbons (Fsp3) is 0.462. The number of methoxy groups -OCH3 is 1. The van der Waals surface area contributed by atoms with Gasteiger partial charge in [0.1, 0.15) is 6.61 Å². The van der Waals surface area contributed by atoms with Crippen LogP contribution < -0.4 is 5.32 Å². The van der Waals surface area contributed by atoms with E-state index in [4.69, 9.17) is 9.47 Å². The van der Waals surface area contributed by atoms with Crippen LogP contribution in [0, 0.1) is 0 Å². The van der Waals surface area contributed by atoms with Gasteiger partial charge in [-0.2, -0.15) is 0 Å². The first-order chi connectivity index (χ1) is 8.33. The number of carbonyl (C=O) groups excluding carboxylic acids is 1. The lowest BCUT2D eigenvalue weighted by Gasteiger charge is -2.19. The summed E-state index contributed by atoms with van der Waals surface area (Å²) < 4.78 is 10.0. The van der Waals surface area contributed by atoms with E-state index in [9.17, 15) is 4.79 Å². The van der Waals surface area contributed by atoms with E-state index in [2.05, 4.69) is 5.32 Å². The molecule has 1 heterocycles. The minimum Gasteiger partial charge on any atom is -0.460 e. The normalized spacial score (nSPS) is 14.2. The second kappa shape index (κ2) is 5.80. The molecule has 1 aliphatic heterocycles. The van der Waals surface area contributed by atoms with Gasteiger partial charge in [0.05, 0.1) is 12.2 Å². The van der Waals surface area contributed by atoms with Crippen molar-refractivity contribution in [2.75, 3.05) is 26.9 Å². The molecule has 0 aromatic heterocycles. The topological polar surface area (TPSA) is 47.6 Å². The molecule has 1 aromatic carbocycles. The molecule has 0 saturated carbocycles. The van der Waals surface area contributed by atoms with E-state index in [1.54, 1.807) is 7.11 Å². The van der Waals surface area contributed by atoms with Gasteiger partial charge in [0, 0.05) is 13.7 Å². The van der Waals surface area contributed by atoms with E-state index < -0.39 is 0 Å². The minimum absolute atomic E-state index is 0.249. The molecule has 2 rings (SSSR count). The maximum Gasteiger partial charge on any atom is 0.338 e. The quantitative estimate of drug-likeness (QED) is 0.628. The van der Waals surface area contributed by atoms with E-state index in [1.807, 2.05) is 18.2 Å². The molecule has 0 atom stereocenters. The smallest absolute Gasteiger partial charge is 0.338 e. The summed E-state index contributed by atoms with van der Waals surface area (Å²) in [5.74, 6) is -0.249. The number of benzene rings is 1. The van der Waals surface area contributed by atoms with Gasteiger partial charge in [-0.05, 0) is 30.2 Å². The lowest BCUT2D eigenvalue weighted by Crippen LogP contribution is -2.26. The second-order valence-electron chi connectivity index (χ2n) is 4.00. The molecule has 0 amide bonds. The van der Waals surface area contributed by atoms with Gasteiger partial charge in [0.25, 0.3) is 0 Å². The maximum atomic E-state index is 11.9. The molecule has 17 heavy (non-hydrogen) atoms. The Morgan fingerprint density at radius 1 is 1.41 bits per heavy atom. The predicted octanol–water partition coefficient (Wildman–Crippen LogP) is 1.14. The van der Waals surface area contributed by atoms with Crippen LogP contribution in [0.25, 0.3) is 0 Å². The Labute approximate surface area is 101 Å². The van der Waals surface area contributed by atoms with Gasteiger partial charge in [-0.25, -0.2) is 4.79 Å². The standard InChI is InChI=1S/C13H17NO3/c1-16-7-8-17-13(15)12-4-2-3-10-9-14-6-5-11(10)12/h2-4,14H,5-9H2,1H3. The number of ether oxygens (including phenoxy) is 2. The van der Waals surface area contributed by atoms with Crippen LogP contribution in [0.4, 0.5) is 0 Å². The number of nitrogens with one attached hydrogen (secondary N) is 1. The van der Waals surface area contributed by atoms with Crippen LogP contribution in [-0.4, -0.2) is 32.8 Å². The van der Waals surface area contributed by atoms with Gasteiger partial charge in [0.15, 0.2) is 0 Å². The highest BCUT2D eigenvalue weighted by molar-refractivity contribution is 5.91. The van der Waals surface area contributed by atoms with Gasteiger partial charge in [-0.15, -0.1) is 0 Å². The highest BCUT2D eigenvalue weighted by atomic mass is 16.6. The third-order valence-corrected chi connectivity index (χ3v) is 2.88. The summed E-state index contributed by atoms with van der Waals surface area (Å²) in [5, 5.41) is 3.29. The van der Waals surface area contributed by atoms with Crippen LogP contribution in [0.1, 0.15) is 21.5 Å². The average Bonchev–Trinajstić information content (AvgIpc) is 2.38. The molecule has 1 aromatic rings. The van der Waals surface area contributed by atoms with Gasteiger partial charge < -0.3 is 14.8 Å². The predicted molar refractivity (Wildman–Crippen MR) is 64.0 cm³/mol. The molecule has 0 aliphatic carbocycles. The summed E-state index contributed by atoms with van der Waals surface area (Å²) >= 11 is 0. The van der Waals surface area contributed by atoms with Crippen LogP contribution in [0.2, 0.25) is 0 Å². The second-order valence-corrected chi connectivity index (χ2v) is 4.00. The van der Waals surface area contributed by atoms with Crippen molar-refractivity contribution in [1.82, 2.24) is 5.32 Å². The summed E-state index contributed by atoms with van der Waals surface area (Å²) in [6, 6.07) is 5.78. The summed E-state index contributed by atoms with van der Waals surface area (Å²) in [4.78, 5) is 11.9. The van der Waals surface area contributed by atoms with Gasteiger partial charge in [0.2, 0.25) is 0 Å². The van der Waals surface area contributed by atoms with Gasteiger partial charge >= 0.3 is 5.97 Å². The fourth-order valence-corrected chi connectivity index (χ4v) is 2.02. The largest absolute Gasteiger partial charge is 0.460 e. The van der Waals surface area contributed by atoms with E-state index in [-0.39, 0.29) is 5.97 Å². The molecule has 0 bridgehead atoms. The first-order valence-electron chi connectivity index (χ1n) is 5.80. The van der Waals surface area contributed by atoms with Crippen LogP contribution >= 0.6 is 0 Å². The third kappa shape index (κ3) is 2.84. The summed E-state index contributed by atoms with van der Waals surface area (Å²) in [6.45, 7) is 2.48. The van der Waals surface area contributed by atoms with Crippen molar-refractivity contribution in [3.8, 4) is 0 Å². The molecular formula is C13H17NO3. The van der Waals surface area contributed by atoms with Crippen molar-refractivity contribution in [2.24, 2.45) is 0 Å². The van der Waals surface area contributed by atoms with Crippen LogP contribution in [0.3, 0.4) is 0 Å². The molecule has 0 fully saturated rings. The Kier molecular flexibility index (Phi) is 4.12. The van der Waals surface area contributed by atoms with Crippen LogP contribution in [0.15, 0.2) is 18.2 Å². The highest BCUT2D eigenvalue weighted by Crippen LogP contribution is 2.19. The SMILES string of the molecule is COCCOC(=O)c1cccc2c1CCNC2. The minimum atomic E-state index is -0.249. The monoisotopic (exact) mass is 235 g/mol. The maximum absolute atomic E-state index is 11.9. The molecule has 1 N–H and O–H groups in total. The fourth-order valence-electron chi connectivity index (χ4n) is 2.02. The molecular weight excluding hydrogens is 218 g/mol. The number of esters is 1. The van der Waals surface area contributed by atoms with Crippen molar-refractivity contribution in [3.05, 3.63) is 34.9 Å². The summed E-state index contributed by atoms with van der Waals surface area (Å²) in [6.07, 6.45) is 0.880. The Bertz CT molecular complexity index is 404. The lowest BCUT2D eigenvalue weighted by atomic mass is 9.95. The van der Waals surface area contributed by atoms with Crippen molar-refractivity contribution in [1.29, 1.82) is 0 Å². The molecule has 0 spiro atoms. The van der Waals surface area contributed by atoms with Gasteiger partial charge in [-0.1, -0.05) is 12.1 Å². The summed E-state index contributed by atoms with van der Waals surface area (Å²) in [5.41, 5.74) is 3.01. The molecule has 92 valence electrons. The molecule has 4 heteroatoms. The zero-order valence-electron chi connectivity index (χ0n) is 9.99. The Hall–Kier alpha value is -1.39. The molecule has 0 radical (unpaired) electrons. The first-order valence-corrected chi connectivity index (χ1v) is 5.80. The molecule has 0 unspecified atom stereocenters. The molecule has 4 nitrogen and oxygen atoms in total. The van der Waals surface area contributed by atoms with Gasteiger partial charge in [-0.3, -0.25) is 0 Å². The van der Waals surface area contributed by atoms with E-state index >= 15 is 0 Å². The van der Waals surface area contributed by atoms with Crippen LogP contribution in [-0.2, 0) is 22.4 Å². The Morgan fingerprint density at radius 2 is 2.29 bits per heavy atom. The molecule has 0 saturated heterocycles. The van der Waals surface area contributed by atoms with Crippen molar-refractivity contribution in [3.63, 3.8) is 0 Å². The number of hydrogen-bond donors (Lipinski definition) is 1.